The Morgan fingerprint density at radius 2 is 2.36 bits per heavy atom. The molecule has 14 heavy (non-hydrogen) atoms. The largest absolute Gasteiger partial charge is 0.302 e. The minimum atomic E-state index is -0.105. The lowest BCUT2D eigenvalue weighted by Crippen LogP contribution is -2.11. The normalized spacial score (nSPS) is 9.86. The predicted octanol–water partition coefficient (Wildman–Crippen LogP) is 2.07. The standard InChI is InChI=1S/C8H9BrN2O2S/c1-5(12)6-4-14-8(10-6)11-7(13)2-3-9/h4H,2-3H2,1H3,(H,10,11,13). The van der Waals surface area contributed by atoms with Crippen LogP contribution < -0.4 is 5.32 Å². The van der Waals surface area contributed by atoms with Crippen molar-refractivity contribution < 1.29 is 9.59 Å². The Hall–Kier alpha value is -0.750. The molecule has 0 radical (unpaired) electrons. The number of rotatable bonds is 4. The lowest BCUT2D eigenvalue weighted by Gasteiger charge is -1.97. The van der Waals surface area contributed by atoms with Gasteiger partial charge in [0.2, 0.25) is 5.91 Å². The SMILES string of the molecule is CC(=O)c1csc(NC(=O)CCBr)n1. The van der Waals surface area contributed by atoms with Crippen molar-refractivity contribution in [2.45, 2.75) is 13.3 Å². The highest BCUT2D eigenvalue weighted by Gasteiger charge is 2.08. The molecule has 0 aliphatic carbocycles. The lowest BCUT2D eigenvalue weighted by molar-refractivity contribution is -0.115. The van der Waals surface area contributed by atoms with E-state index in [-0.39, 0.29) is 11.7 Å². The number of hydrogen-bond acceptors (Lipinski definition) is 4. The summed E-state index contributed by atoms with van der Waals surface area (Å²) < 4.78 is 0. The van der Waals surface area contributed by atoms with Gasteiger partial charge in [0.25, 0.3) is 0 Å². The average Bonchev–Trinajstić information content (AvgIpc) is 2.53. The summed E-state index contributed by atoms with van der Waals surface area (Å²) in [7, 11) is 0. The van der Waals surface area contributed by atoms with Crippen molar-refractivity contribution in [1.82, 2.24) is 4.98 Å². The first-order chi connectivity index (χ1) is 6.63. The van der Waals surface area contributed by atoms with Gasteiger partial charge in [-0.25, -0.2) is 4.98 Å². The molecule has 1 rings (SSSR count). The topological polar surface area (TPSA) is 59.1 Å². The van der Waals surface area contributed by atoms with E-state index in [1.54, 1.807) is 5.38 Å². The molecule has 0 unspecified atom stereocenters. The van der Waals surface area contributed by atoms with Crippen molar-refractivity contribution in [3.05, 3.63) is 11.1 Å². The van der Waals surface area contributed by atoms with Gasteiger partial charge in [0.15, 0.2) is 10.9 Å². The van der Waals surface area contributed by atoms with Crippen molar-refractivity contribution in [2.75, 3.05) is 10.6 Å². The molecule has 0 aliphatic heterocycles. The smallest absolute Gasteiger partial charge is 0.226 e. The summed E-state index contributed by atoms with van der Waals surface area (Å²) in [5.41, 5.74) is 0.393. The van der Waals surface area contributed by atoms with Crippen molar-refractivity contribution in [2.24, 2.45) is 0 Å². The van der Waals surface area contributed by atoms with Crippen LogP contribution in [0.15, 0.2) is 5.38 Å². The summed E-state index contributed by atoms with van der Waals surface area (Å²) in [6.07, 6.45) is 0.398. The van der Waals surface area contributed by atoms with E-state index in [2.05, 4.69) is 26.2 Å². The summed E-state index contributed by atoms with van der Waals surface area (Å²) in [5, 5.41) is 5.32. The second kappa shape index (κ2) is 5.21. The Kier molecular flexibility index (Phi) is 4.21. The summed E-state index contributed by atoms with van der Waals surface area (Å²) in [5.74, 6) is -0.200. The fraction of sp³-hybridized carbons (Fsp3) is 0.375. The van der Waals surface area contributed by atoms with Gasteiger partial charge in [-0.3, -0.25) is 9.59 Å². The average molecular weight is 277 g/mol. The third kappa shape index (κ3) is 3.19. The number of Topliss-reactive ketones (excluding diaryl/α,β-unsaturated/α-hetero) is 1. The highest BCUT2D eigenvalue weighted by molar-refractivity contribution is 9.09. The number of alkyl halides is 1. The number of thiazole rings is 1. The molecule has 0 saturated carbocycles. The maximum Gasteiger partial charge on any atom is 0.226 e. The maximum absolute atomic E-state index is 11.1. The second-order valence-electron chi connectivity index (χ2n) is 2.58. The molecule has 0 fully saturated rings. The van der Waals surface area contributed by atoms with Crippen LogP contribution in [0.2, 0.25) is 0 Å². The number of halogens is 1. The predicted molar refractivity (Wildman–Crippen MR) is 59.2 cm³/mol. The van der Waals surface area contributed by atoms with E-state index >= 15 is 0 Å². The first-order valence-electron chi connectivity index (χ1n) is 3.95. The number of nitrogens with zero attached hydrogens (tertiary/aromatic N) is 1. The zero-order chi connectivity index (χ0) is 10.6. The van der Waals surface area contributed by atoms with Gasteiger partial charge < -0.3 is 5.32 Å². The van der Waals surface area contributed by atoms with Gasteiger partial charge in [-0.05, 0) is 0 Å². The summed E-state index contributed by atoms with van der Waals surface area (Å²) in [6.45, 7) is 1.44. The minimum absolute atomic E-state index is 0.0951. The minimum Gasteiger partial charge on any atom is -0.302 e. The lowest BCUT2D eigenvalue weighted by atomic mass is 10.4. The number of nitrogens with one attached hydrogen (secondary N) is 1. The molecule has 76 valence electrons. The highest BCUT2D eigenvalue weighted by Crippen LogP contribution is 2.15. The number of aromatic nitrogens is 1. The zero-order valence-corrected chi connectivity index (χ0v) is 9.94. The fourth-order valence-electron chi connectivity index (χ4n) is 0.760. The molecule has 1 aromatic heterocycles. The Morgan fingerprint density at radius 3 is 2.86 bits per heavy atom. The first-order valence-corrected chi connectivity index (χ1v) is 5.96. The Bertz CT molecular complexity index is 351. The first kappa shape index (κ1) is 11.3. The molecular formula is C8H9BrN2O2S. The van der Waals surface area contributed by atoms with Gasteiger partial charge in [0.05, 0.1) is 0 Å². The van der Waals surface area contributed by atoms with E-state index in [1.807, 2.05) is 0 Å². The molecule has 1 amide bonds. The van der Waals surface area contributed by atoms with Crippen LogP contribution in [0.1, 0.15) is 23.8 Å². The molecule has 1 N–H and O–H groups in total. The Balaban J connectivity index is 2.59. The molecular weight excluding hydrogens is 268 g/mol. The Morgan fingerprint density at radius 1 is 1.64 bits per heavy atom. The molecule has 0 saturated heterocycles. The molecule has 4 nitrogen and oxygen atoms in total. The molecule has 1 heterocycles. The van der Waals surface area contributed by atoms with Crippen LogP contribution in [0, 0.1) is 0 Å². The third-order valence-electron chi connectivity index (χ3n) is 1.43. The number of carbonyl (C=O) groups excluding carboxylic acids is 2. The quantitative estimate of drug-likeness (QED) is 0.677. The van der Waals surface area contributed by atoms with Crippen molar-refractivity contribution in [1.29, 1.82) is 0 Å². The van der Waals surface area contributed by atoms with E-state index in [1.165, 1.54) is 18.3 Å². The molecule has 0 aromatic carbocycles. The number of hydrogen-bond donors (Lipinski definition) is 1. The van der Waals surface area contributed by atoms with Crippen LogP contribution in [0.4, 0.5) is 5.13 Å². The van der Waals surface area contributed by atoms with E-state index in [9.17, 15) is 9.59 Å². The molecule has 0 bridgehead atoms. The van der Waals surface area contributed by atoms with Crippen LogP contribution in [-0.4, -0.2) is 22.0 Å². The molecule has 0 aliphatic rings. The molecule has 1 aromatic rings. The van der Waals surface area contributed by atoms with Gasteiger partial charge in [-0.1, -0.05) is 15.9 Å². The van der Waals surface area contributed by atoms with Crippen molar-refractivity contribution in [3.63, 3.8) is 0 Å². The fourth-order valence-corrected chi connectivity index (χ4v) is 1.89. The van der Waals surface area contributed by atoms with Gasteiger partial charge in [0.1, 0.15) is 5.69 Å². The van der Waals surface area contributed by atoms with E-state index < -0.39 is 0 Å². The molecule has 0 atom stereocenters. The summed E-state index contributed by atoms with van der Waals surface area (Å²) in [6, 6.07) is 0. The monoisotopic (exact) mass is 276 g/mol. The van der Waals surface area contributed by atoms with Crippen molar-refractivity contribution in [3.8, 4) is 0 Å². The molecule has 0 spiro atoms. The van der Waals surface area contributed by atoms with Gasteiger partial charge >= 0.3 is 0 Å². The van der Waals surface area contributed by atoms with Gasteiger partial charge in [-0.15, -0.1) is 11.3 Å². The number of carbonyl (C=O) groups is 2. The number of ketones is 1. The molecule has 6 heteroatoms. The second-order valence-corrected chi connectivity index (χ2v) is 4.23. The van der Waals surface area contributed by atoms with Crippen LogP contribution in [0.25, 0.3) is 0 Å². The highest BCUT2D eigenvalue weighted by atomic mass is 79.9. The third-order valence-corrected chi connectivity index (χ3v) is 2.59. The number of amides is 1. The van der Waals surface area contributed by atoms with Crippen LogP contribution in [0.5, 0.6) is 0 Å². The summed E-state index contributed by atoms with van der Waals surface area (Å²) >= 11 is 4.41. The van der Waals surface area contributed by atoms with E-state index in [4.69, 9.17) is 0 Å². The number of anilines is 1. The Labute approximate surface area is 93.9 Å². The van der Waals surface area contributed by atoms with Crippen molar-refractivity contribution >= 4 is 44.1 Å². The van der Waals surface area contributed by atoms with Gasteiger partial charge in [0, 0.05) is 24.1 Å². The van der Waals surface area contributed by atoms with Crippen LogP contribution in [0.3, 0.4) is 0 Å². The van der Waals surface area contributed by atoms with E-state index in [0.29, 0.717) is 22.6 Å². The van der Waals surface area contributed by atoms with Crippen LogP contribution in [-0.2, 0) is 4.79 Å². The van der Waals surface area contributed by atoms with Gasteiger partial charge in [-0.2, -0.15) is 0 Å². The van der Waals surface area contributed by atoms with Crippen LogP contribution >= 0.6 is 27.3 Å². The van der Waals surface area contributed by atoms with E-state index in [0.717, 1.165) is 0 Å². The maximum atomic E-state index is 11.1. The zero-order valence-electron chi connectivity index (χ0n) is 7.54. The summed E-state index contributed by atoms with van der Waals surface area (Å²) in [4.78, 5) is 26.0.